The second-order valence-electron chi connectivity index (χ2n) is 7.25. The van der Waals surface area contributed by atoms with Gasteiger partial charge in [0.2, 0.25) is 0 Å². The largest absolute Gasteiger partial charge is 0.497 e. The van der Waals surface area contributed by atoms with Gasteiger partial charge < -0.3 is 10.1 Å². The average molecular weight is 413 g/mol. The van der Waals surface area contributed by atoms with E-state index >= 15 is 0 Å². The van der Waals surface area contributed by atoms with Crippen molar-refractivity contribution >= 4 is 5.91 Å². The van der Waals surface area contributed by atoms with Crippen molar-refractivity contribution in [1.82, 2.24) is 25.5 Å². The molecular formula is C24H23N5O2. The molecule has 0 spiro atoms. The van der Waals surface area contributed by atoms with E-state index in [1.54, 1.807) is 17.9 Å². The van der Waals surface area contributed by atoms with Crippen molar-refractivity contribution in [2.45, 2.75) is 13.3 Å². The van der Waals surface area contributed by atoms with Crippen molar-refractivity contribution < 1.29 is 9.53 Å². The summed E-state index contributed by atoms with van der Waals surface area (Å²) in [5.41, 5.74) is 5.49. The maximum absolute atomic E-state index is 12.9. The number of carbonyl (C=O) groups is 1. The highest BCUT2D eigenvalue weighted by Gasteiger charge is 2.12. The highest BCUT2D eigenvalue weighted by Crippen LogP contribution is 2.24. The molecule has 1 amide bonds. The molecule has 0 saturated carbocycles. The Bertz CT molecular complexity index is 1170. The van der Waals surface area contributed by atoms with Gasteiger partial charge in [-0.2, -0.15) is 0 Å². The van der Waals surface area contributed by atoms with E-state index in [1.807, 2.05) is 67.6 Å². The minimum absolute atomic E-state index is 0.147. The van der Waals surface area contributed by atoms with Gasteiger partial charge in [0.25, 0.3) is 5.91 Å². The fourth-order valence-electron chi connectivity index (χ4n) is 3.32. The number of nitrogens with zero attached hydrogens (tertiary/aromatic N) is 4. The smallest absolute Gasteiger partial charge is 0.251 e. The van der Waals surface area contributed by atoms with Crippen molar-refractivity contribution in [2.24, 2.45) is 0 Å². The topological polar surface area (TPSA) is 81.9 Å². The summed E-state index contributed by atoms with van der Waals surface area (Å²) < 4.78 is 6.80. The first-order valence-electron chi connectivity index (χ1n) is 9.99. The summed E-state index contributed by atoms with van der Waals surface area (Å²) in [4.78, 5) is 12.9. The molecule has 7 heteroatoms. The first kappa shape index (κ1) is 20.3. The summed E-state index contributed by atoms with van der Waals surface area (Å²) in [5.74, 6) is 0.659. The summed E-state index contributed by atoms with van der Waals surface area (Å²) in [7, 11) is 1.64. The number of benzene rings is 3. The molecule has 31 heavy (non-hydrogen) atoms. The van der Waals surface area contributed by atoms with E-state index in [9.17, 15) is 4.79 Å². The standard InChI is InChI=1S/C24H23N5O2/c1-17-6-8-19(9-7-17)20-13-21(15-22(14-20)29-16-26-27-28-29)24(30)25-11-10-18-4-3-5-23(12-18)31-2/h3-9,12-16H,10-11H2,1-2H3,(H,25,30). The lowest BCUT2D eigenvalue weighted by Crippen LogP contribution is -2.26. The van der Waals surface area contributed by atoms with Gasteiger partial charge in [0.15, 0.2) is 0 Å². The van der Waals surface area contributed by atoms with Crippen LogP contribution in [0.25, 0.3) is 16.8 Å². The molecule has 1 aromatic heterocycles. The molecule has 1 N–H and O–H groups in total. The predicted octanol–water partition coefficient (Wildman–Crippen LogP) is 3.62. The minimum atomic E-state index is -0.147. The SMILES string of the molecule is COc1cccc(CCNC(=O)c2cc(-c3ccc(C)cc3)cc(-n3cnnn3)c2)c1. The number of tetrazole rings is 1. The molecule has 7 nitrogen and oxygen atoms in total. The van der Waals surface area contributed by atoms with Crippen LogP contribution in [0.4, 0.5) is 0 Å². The first-order chi connectivity index (χ1) is 15.1. The molecule has 0 fully saturated rings. The zero-order valence-corrected chi connectivity index (χ0v) is 17.4. The Morgan fingerprint density at radius 1 is 1.03 bits per heavy atom. The summed E-state index contributed by atoms with van der Waals surface area (Å²) >= 11 is 0. The summed E-state index contributed by atoms with van der Waals surface area (Å²) in [6, 6.07) is 21.7. The number of aryl methyl sites for hydroxylation is 1. The van der Waals surface area contributed by atoms with Crippen molar-refractivity contribution in [3.63, 3.8) is 0 Å². The molecular weight excluding hydrogens is 390 g/mol. The second kappa shape index (κ2) is 9.21. The van der Waals surface area contributed by atoms with Gasteiger partial charge in [-0.1, -0.05) is 42.0 Å². The Labute approximate surface area is 180 Å². The maximum Gasteiger partial charge on any atom is 0.251 e. The molecule has 0 aliphatic rings. The van der Waals surface area contributed by atoms with Crippen LogP contribution in [0.1, 0.15) is 21.5 Å². The van der Waals surface area contributed by atoms with Crippen LogP contribution < -0.4 is 10.1 Å². The number of carbonyl (C=O) groups excluding carboxylic acids is 1. The van der Waals surface area contributed by atoms with Crippen molar-refractivity contribution in [3.8, 4) is 22.6 Å². The molecule has 0 radical (unpaired) electrons. The van der Waals surface area contributed by atoms with Gasteiger partial charge in [-0.15, -0.1) is 5.10 Å². The van der Waals surface area contributed by atoms with Gasteiger partial charge in [-0.05, 0) is 70.8 Å². The van der Waals surface area contributed by atoms with E-state index in [4.69, 9.17) is 4.74 Å². The molecule has 0 saturated heterocycles. The van der Waals surface area contributed by atoms with E-state index in [0.717, 1.165) is 28.1 Å². The number of nitrogens with one attached hydrogen (secondary N) is 1. The number of methoxy groups -OCH3 is 1. The molecule has 1 heterocycles. The average Bonchev–Trinajstić information content (AvgIpc) is 3.34. The molecule has 0 unspecified atom stereocenters. The Morgan fingerprint density at radius 3 is 2.61 bits per heavy atom. The zero-order valence-electron chi connectivity index (χ0n) is 17.4. The molecule has 0 bridgehead atoms. The third kappa shape index (κ3) is 4.95. The van der Waals surface area contributed by atoms with Crippen LogP contribution >= 0.6 is 0 Å². The Hall–Kier alpha value is -4.00. The lowest BCUT2D eigenvalue weighted by Gasteiger charge is -2.11. The summed E-state index contributed by atoms with van der Waals surface area (Å²) in [6.07, 6.45) is 2.22. The quantitative estimate of drug-likeness (QED) is 0.500. The minimum Gasteiger partial charge on any atom is -0.497 e. The predicted molar refractivity (Wildman–Crippen MR) is 118 cm³/mol. The van der Waals surface area contributed by atoms with Crippen LogP contribution in [0.15, 0.2) is 73.1 Å². The fourth-order valence-corrected chi connectivity index (χ4v) is 3.32. The second-order valence-corrected chi connectivity index (χ2v) is 7.25. The lowest BCUT2D eigenvalue weighted by atomic mass is 10.0. The van der Waals surface area contributed by atoms with Crippen LogP contribution in [-0.4, -0.2) is 39.8 Å². The number of hydrogen-bond donors (Lipinski definition) is 1. The monoisotopic (exact) mass is 413 g/mol. The van der Waals surface area contributed by atoms with Crippen LogP contribution in [0.3, 0.4) is 0 Å². The van der Waals surface area contributed by atoms with E-state index < -0.39 is 0 Å². The van der Waals surface area contributed by atoms with Gasteiger partial charge >= 0.3 is 0 Å². The van der Waals surface area contributed by atoms with E-state index in [1.165, 1.54) is 11.9 Å². The van der Waals surface area contributed by atoms with Crippen molar-refractivity contribution in [3.05, 3.63) is 89.7 Å². The van der Waals surface area contributed by atoms with Crippen molar-refractivity contribution in [1.29, 1.82) is 0 Å². The van der Waals surface area contributed by atoms with E-state index in [0.29, 0.717) is 18.5 Å². The van der Waals surface area contributed by atoms with Crippen LogP contribution in [0.2, 0.25) is 0 Å². The van der Waals surface area contributed by atoms with Crippen LogP contribution in [0.5, 0.6) is 5.75 Å². The first-order valence-corrected chi connectivity index (χ1v) is 9.99. The molecule has 0 aliphatic heterocycles. The Balaban J connectivity index is 1.55. The Kier molecular flexibility index (Phi) is 6.03. The van der Waals surface area contributed by atoms with Gasteiger partial charge in [0.05, 0.1) is 12.8 Å². The zero-order chi connectivity index (χ0) is 21.6. The van der Waals surface area contributed by atoms with Gasteiger partial charge in [0.1, 0.15) is 12.1 Å². The molecule has 3 aromatic carbocycles. The normalized spacial score (nSPS) is 10.6. The molecule has 4 aromatic rings. The van der Waals surface area contributed by atoms with Gasteiger partial charge in [-0.3, -0.25) is 4.79 Å². The highest BCUT2D eigenvalue weighted by atomic mass is 16.5. The van der Waals surface area contributed by atoms with Crippen molar-refractivity contribution in [2.75, 3.05) is 13.7 Å². The Morgan fingerprint density at radius 2 is 1.87 bits per heavy atom. The molecule has 0 aliphatic carbocycles. The van der Waals surface area contributed by atoms with Gasteiger partial charge in [0, 0.05) is 12.1 Å². The van der Waals surface area contributed by atoms with E-state index in [2.05, 4.69) is 20.8 Å². The number of rotatable bonds is 7. The molecule has 156 valence electrons. The fraction of sp³-hybridized carbons (Fsp3) is 0.167. The number of ether oxygens (including phenoxy) is 1. The number of aromatic nitrogens is 4. The molecule has 0 atom stereocenters. The number of amides is 1. The van der Waals surface area contributed by atoms with Gasteiger partial charge in [-0.25, -0.2) is 4.68 Å². The third-order valence-corrected chi connectivity index (χ3v) is 5.01. The summed E-state index contributed by atoms with van der Waals surface area (Å²) in [6.45, 7) is 2.56. The maximum atomic E-state index is 12.9. The highest BCUT2D eigenvalue weighted by molar-refractivity contribution is 5.96. The lowest BCUT2D eigenvalue weighted by molar-refractivity contribution is 0.0954. The summed E-state index contributed by atoms with van der Waals surface area (Å²) in [5, 5.41) is 14.4. The number of hydrogen-bond acceptors (Lipinski definition) is 5. The third-order valence-electron chi connectivity index (χ3n) is 5.01. The van der Waals surface area contributed by atoms with E-state index in [-0.39, 0.29) is 5.91 Å². The van der Waals surface area contributed by atoms with Crippen LogP contribution in [0, 0.1) is 6.92 Å². The molecule has 4 rings (SSSR count). The van der Waals surface area contributed by atoms with Crippen LogP contribution in [-0.2, 0) is 6.42 Å².